The Morgan fingerprint density at radius 2 is 1.40 bits per heavy atom. The molecule has 0 saturated heterocycles. The maximum absolute atomic E-state index is 12.5. The van der Waals surface area contributed by atoms with E-state index in [1.165, 1.54) is 89.9 Å². The third kappa shape index (κ3) is 5.08. The summed E-state index contributed by atoms with van der Waals surface area (Å²) in [6.07, 6.45) is 21.6. The third-order valence-electron chi connectivity index (χ3n) is 9.60. The molecule has 0 spiro atoms. The van der Waals surface area contributed by atoms with E-state index in [1.54, 1.807) is 0 Å². The van der Waals surface area contributed by atoms with Gasteiger partial charge in [-0.05, 0) is 80.0 Å². The van der Waals surface area contributed by atoms with E-state index >= 15 is 0 Å². The first kappa shape index (κ1) is 24.1. The lowest BCUT2D eigenvalue weighted by Gasteiger charge is -2.46. The Kier molecular flexibility index (Phi) is 9.10. The Morgan fingerprint density at radius 3 is 1.97 bits per heavy atom. The van der Waals surface area contributed by atoms with Gasteiger partial charge in [0, 0.05) is 5.92 Å². The first-order valence-corrected chi connectivity index (χ1v) is 13.6. The molecule has 0 aromatic carbocycles. The summed E-state index contributed by atoms with van der Waals surface area (Å²) in [5.74, 6) is 10.2. The molecule has 0 aromatic rings. The van der Waals surface area contributed by atoms with Gasteiger partial charge < -0.3 is 0 Å². The first-order valence-electron chi connectivity index (χ1n) is 13.6. The summed E-state index contributed by atoms with van der Waals surface area (Å²) in [7, 11) is 0. The van der Waals surface area contributed by atoms with Gasteiger partial charge >= 0.3 is 0 Å². The summed E-state index contributed by atoms with van der Waals surface area (Å²) in [5, 5.41) is 0. The van der Waals surface area contributed by atoms with E-state index < -0.39 is 0 Å². The second-order valence-corrected chi connectivity index (χ2v) is 11.3. The molecule has 3 aliphatic carbocycles. The maximum atomic E-state index is 12.5. The van der Waals surface area contributed by atoms with Gasteiger partial charge in [-0.25, -0.2) is 5.84 Å². The van der Waals surface area contributed by atoms with Gasteiger partial charge in [0.15, 0.2) is 0 Å². The standard InChI is InChI=1S/C27H50N2O/c1-4-6-8-10-16-27(17-11-9-7-5-2)24-18-20(3)12-14-22(24)23-15-13-21(19-25(23)27)26(30)29-28/h20-25H,4-19,28H2,1-3H3,(H,29,30). The first-order chi connectivity index (χ1) is 14.6. The van der Waals surface area contributed by atoms with E-state index in [2.05, 4.69) is 26.2 Å². The SMILES string of the molecule is CCCCCCC1(CCCCCC)C2CC(C)CCC2C2CCC(C(=O)NN)CC21. The van der Waals surface area contributed by atoms with Crippen LogP contribution in [0.2, 0.25) is 0 Å². The Bertz CT molecular complexity index is 521. The number of carbonyl (C=O) groups excluding carboxylic acids is 1. The largest absolute Gasteiger partial charge is 0.294 e. The van der Waals surface area contributed by atoms with E-state index in [1.807, 2.05) is 0 Å². The van der Waals surface area contributed by atoms with Gasteiger partial charge in [-0.1, -0.05) is 78.6 Å². The number of nitrogens with one attached hydrogen (secondary N) is 1. The lowest BCUT2D eigenvalue weighted by molar-refractivity contribution is -0.127. The molecule has 3 nitrogen and oxygen atoms in total. The molecule has 3 heteroatoms. The zero-order valence-electron chi connectivity index (χ0n) is 20.3. The molecule has 1 amide bonds. The molecule has 3 rings (SSSR count). The lowest BCUT2D eigenvalue weighted by atomic mass is 9.59. The van der Waals surface area contributed by atoms with Crippen molar-refractivity contribution in [2.45, 2.75) is 124 Å². The van der Waals surface area contributed by atoms with Crippen molar-refractivity contribution < 1.29 is 4.79 Å². The van der Waals surface area contributed by atoms with Crippen LogP contribution in [0.25, 0.3) is 0 Å². The monoisotopic (exact) mass is 418 g/mol. The summed E-state index contributed by atoms with van der Waals surface area (Å²) >= 11 is 0. The minimum absolute atomic E-state index is 0.0996. The van der Waals surface area contributed by atoms with Gasteiger partial charge in [0.1, 0.15) is 0 Å². The predicted molar refractivity (Wildman–Crippen MR) is 127 cm³/mol. The number of carbonyl (C=O) groups is 1. The van der Waals surface area contributed by atoms with Crippen LogP contribution in [0.15, 0.2) is 0 Å². The number of rotatable bonds is 11. The predicted octanol–water partition coefficient (Wildman–Crippen LogP) is 7.00. The fourth-order valence-electron chi connectivity index (χ4n) is 8.20. The molecule has 174 valence electrons. The van der Waals surface area contributed by atoms with Crippen molar-refractivity contribution in [1.29, 1.82) is 0 Å². The molecule has 3 aliphatic rings. The third-order valence-corrected chi connectivity index (χ3v) is 9.60. The van der Waals surface area contributed by atoms with Crippen molar-refractivity contribution in [2.75, 3.05) is 0 Å². The molecule has 0 aliphatic heterocycles. The Labute approximate surface area is 186 Å². The maximum Gasteiger partial charge on any atom is 0.236 e. The number of fused-ring (bicyclic) bond motifs is 3. The van der Waals surface area contributed by atoms with Crippen LogP contribution in [0.3, 0.4) is 0 Å². The summed E-state index contributed by atoms with van der Waals surface area (Å²) in [5.41, 5.74) is 2.99. The van der Waals surface area contributed by atoms with E-state index in [0.29, 0.717) is 5.41 Å². The van der Waals surface area contributed by atoms with Crippen molar-refractivity contribution in [2.24, 2.45) is 46.8 Å². The average Bonchev–Trinajstić information content (AvgIpc) is 3.02. The highest BCUT2D eigenvalue weighted by molar-refractivity contribution is 5.78. The molecule has 6 atom stereocenters. The summed E-state index contributed by atoms with van der Waals surface area (Å²) in [4.78, 5) is 12.5. The Hall–Kier alpha value is -0.570. The highest BCUT2D eigenvalue weighted by Gasteiger charge is 2.60. The van der Waals surface area contributed by atoms with Crippen molar-refractivity contribution in [3.05, 3.63) is 0 Å². The van der Waals surface area contributed by atoms with Crippen LogP contribution >= 0.6 is 0 Å². The minimum Gasteiger partial charge on any atom is -0.294 e. The Balaban J connectivity index is 1.86. The van der Waals surface area contributed by atoms with E-state index in [-0.39, 0.29) is 11.8 Å². The van der Waals surface area contributed by atoms with Crippen LogP contribution in [0.4, 0.5) is 0 Å². The molecular weight excluding hydrogens is 368 g/mol. The highest BCUT2D eigenvalue weighted by Crippen LogP contribution is 2.67. The average molecular weight is 419 g/mol. The van der Waals surface area contributed by atoms with Crippen LogP contribution in [0.1, 0.15) is 124 Å². The normalized spacial score (nSPS) is 34.9. The van der Waals surface area contributed by atoms with Crippen molar-refractivity contribution in [3.8, 4) is 0 Å². The second kappa shape index (κ2) is 11.3. The van der Waals surface area contributed by atoms with Gasteiger partial charge in [0.05, 0.1) is 0 Å². The van der Waals surface area contributed by atoms with Crippen LogP contribution in [0.5, 0.6) is 0 Å². The number of hydrogen-bond donors (Lipinski definition) is 2. The molecule has 3 fully saturated rings. The zero-order valence-corrected chi connectivity index (χ0v) is 20.3. The molecule has 6 unspecified atom stereocenters. The molecule has 0 bridgehead atoms. The van der Waals surface area contributed by atoms with E-state index in [9.17, 15) is 4.79 Å². The quantitative estimate of drug-likeness (QED) is 0.164. The number of unbranched alkanes of at least 4 members (excludes halogenated alkanes) is 6. The number of hydrogen-bond acceptors (Lipinski definition) is 2. The van der Waals surface area contributed by atoms with Crippen LogP contribution in [-0.4, -0.2) is 5.91 Å². The van der Waals surface area contributed by atoms with Gasteiger partial charge in [0.2, 0.25) is 5.91 Å². The van der Waals surface area contributed by atoms with Crippen molar-refractivity contribution in [3.63, 3.8) is 0 Å². The summed E-state index contributed by atoms with van der Waals surface area (Å²) in [6.45, 7) is 7.14. The topological polar surface area (TPSA) is 55.1 Å². The molecule has 30 heavy (non-hydrogen) atoms. The number of amides is 1. The molecule has 3 N–H and O–H groups in total. The summed E-state index contributed by atoms with van der Waals surface area (Å²) < 4.78 is 0. The van der Waals surface area contributed by atoms with Crippen molar-refractivity contribution >= 4 is 5.91 Å². The molecule has 0 heterocycles. The van der Waals surface area contributed by atoms with Gasteiger partial charge in [0.25, 0.3) is 0 Å². The smallest absolute Gasteiger partial charge is 0.236 e. The van der Waals surface area contributed by atoms with Gasteiger partial charge in [-0.2, -0.15) is 0 Å². The zero-order chi connectivity index (χ0) is 21.6. The van der Waals surface area contributed by atoms with Crippen molar-refractivity contribution in [1.82, 2.24) is 5.43 Å². The fourth-order valence-corrected chi connectivity index (χ4v) is 8.20. The van der Waals surface area contributed by atoms with E-state index in [0.717, 1.165) is 42.4 Å². The number of nitrogens with two attached hydrogens (primary N) is 1. The minimum atomic E-state index is 0.0996. The fraction of sp³-hybridized carbons (Fsp3) is 0.963. The highest BCUT2D eigenvalue weighted by atomic mass is 16.2. The number of hydrazine groups is 1. The van der Waals surface area contributed by atoms with Gasteiger partial charge in [-0.15, -0.1) is 0 Å². The lowest BCUT2D eigenvalue weighted by Crippen LogP contribution is -2.42. The molecule has 0 aromatic heterocycles. The molecule has 3 saturated carbocycles. The second-order valence-electron chi connectivity index (χ2n) is 11.3. The molecular formula is C27H50N2O. The van der Waals surface area contributed by atoms with Crippen LogP contribution in [-0.2, 0) is 4.79 Å². The Morgan fingerprint density at radius 1 is 0.833 bits per heavy atom. The van der Waals surface area contributed by atoms with Crippen LogP contribution in [0, 0.1) is 40.9 Å². The summed E-state index contributed by atoms with van der Waals surface area (Å²) in [6, 6.07) is 0. The van der Waals surface area contributed by atoms with Gasteiger partial charge in [-0.3, -0.25) is 10.2 Å². The van der Waals surface area contributed by atoms with E-state index in [4.69, 9.17) is 5.84 Å². The van der Waals surface area contributed by atoms with Crippen LogP contribution < -0.4 is 11.3 Å². The molecule has 0 radical (unpaired) electrons.